The first-order valence-electron chi connectivity index (χ1n) is 6.18. The van der Waals surface area contributed by atoms with Crippen molar-refractivity contribution in [2.45, 2.75) is 13.3 Å². The third-order valence-corrected chi connectivity index (χ3v) is 2.96. The van der Waals surface area contributed by atoms with Crippen molar-refractivity contribution < 1.29 is 19.4 Å². The number of nitrogens with one attached hydrogen (secondary N) is 1. The third-order valence-electron chi connectivity index (χ3n) is 2.96. The van der Waals surface area contributed by atoms with Crippen molar-refractivity contribution in [3.63, 3.8) is 0 Å². The van der Waals surface area contributed by atoms with E-state index in [1.54, 1.807) is 7.11 Å². The minimum Gasteiger partial charge on any atom is -0.493 e. The molecule has 0 saturated carbocycles. The fourth-order valence-electron chi connectivity index (χ4n) is 2.17. The van der Waals surface area contributed by atoms with Crippen molar-refractivity contribution in [3.05, 3.63) is 29.3 Å². The number of carbonyl (C=O) groups is 1. The predicted molar refractivity (Wildman–Crippen MR) is 71.5 cm³/mol. The molecule has 0 radical (unpaired) electrons. The molecule has 0 unspecified atom stereocenters. The monoisotopic (exact) mass is 263 g/mol. The van der Waals surface area contributed by atoms with Crippen LogP contribution in [-0.4, -0.2) is 31.3 Å². The highest BCUT2D eigenvalue weighted by molar-refractivity contribution is 5.90. The number of benzene rings is 1. The van der Waals surface area contributed by atoms with Gasteiger partial charge in [0.1, 0.15) is 0 Å². The molecule has 1 aromatic carbocycles. The van der Waals surface area contributed by atoms with Gasteiger partial charge in [0.25, 0.3) is 0 Å². The molecule has 1 heterocycles. The van der Waals surface area contributed by atoms with Gasteiger partial charge < -0.3 is 19.9 Å². The predicted octanol–water partition coefficient (Wildman–Crippen LogP) is 1.67. The van der Waals surface area contributed by atoms with Crippen molar-refractivity contribution in [2.24, 2.45) is 0 Å². The number of aliphatic carboxylic acids is 1. The lowest BCUT2D eigenvalue weighted by Gasteiger charge is -2.23. The second-order valence-corrected chi connectivity index (χ2v) is 4.17. The average molecular weight is 263 g/mol. The van der Waals surface area contributed by atoms with Gasteiger partial charge in [0, 0.05) is 23.9 Å². The molecule has 0 spiro atoms. The molecule has 1 aliphatic rings. The maximum atomic E-state index is 10.8. The topological polar surface area (TPSA) is 67.8 Å². The summed E-state index contributed by atoms with van der Waals surface area (Å²) in [5.74, 6) is 0.338. The molecule has 0 aliphatic carbocycles. The molecule has 0 aromatic heterocycles. The van der Waals surface area contributed by atoms with E-state index in [9.17, 15) is 4.79 Å². The maximum absolute atomic E-state index is 10.8. The van der Waals surface area contributed by atoms with E-state index in [-0.39, 0.29) is 0 Å². The summed E-state index contributed by atoms with van der Waals surface area (Å²) in [5.41, 5.74) is 2.53. The maximum Gasteiger partial charge on any atom is 0.330 e. The van der Waals surface area contributed by atoms with Crippen LogP contribution in [0, 0.1) is 0 Å². The number of hydrogen-bond acceptors (Lipinski definition) is 4. The zero-order valence-electron chi connectivity index (χ0n) is 11.0. The van der Waals surface area contributed by atoms with E-state index < -0.39 is 5.97 Å². The van der Waals surface area contributed by atoms with Crippen LogP contribution in [-0.2, 0) is 11.2 Å². The van der Waals surface area contributed by atoms with Gasteiger partial charge in [0.05, 0.1) is 13.7 Å². The number of fused-ring (bicyclic) bond motifs is 1. The van der Waals surface area contributed by atoms with E-state index in [1.807, 2.05) is 19.1 Å². The molecule has 0 fully saturated rings. The van der Waals surface area contributed by atoms with Gasteiger partial charge in [-0.2, -0.15) is 0 Å². The zero-order valence-corrected chi connectivity index (χ0v) is 11.0. The summed E-state index contributed by atoms with van der Waals surface area (Å²) in [6.07, 6.45) is 2.01. The summed E-state index contributed by atoms with van der Waals surface area (Å²) in [7, 11) is 1.60. The minimum atomic E-state index is -0.968. The second-order valence-electron chi connectivity index (χ2n) is 4.17. The molecule has 2 N–H and O–H groups in total. The standard InChI is InChI=1S/C14H17NO4/c1-3-19-13-7-10-9(6-12(13)18-2)4-5-15-11(10)8-14(16)17/h6-8,15H,3-5H2,1-2H3,(H,16,17)/b11-8+. The molecule has 0 saturated heterocycles. The minimum absolute atomic E-state index is 0.528. The number of rotatable bonds is 4. The molecular weight excluding hydrogens is 246 g/mol. The fourth-order valence-corrected chi connectivity index (χ4v) is 2.17. The smallest absolute Gasteiger partial charge is 0.330 e. The Bertz CT molecular complexity index is 522. The van der Waals surface area contributed by atoms with Gasteiger partial charge in [-0.05, 0) is 31.0 Å². The van der Waals surface area contributed by atoms with E-state index in [0.717, 1.165) is 17.5 Å². The molecule has 1 aromatic rings. The number of carboxylic acid groups (broad SMARTS) is 1. The van der Waals surface area contributed by atoms with E-state index in [2.05, 4.69) is 5.32 Å². The van der Waals surface area contributed by atoms with Crippen molar-refractivity contribution in [2.75, 3.05) is 20.3 Å². The summed E-state index contributed by atoms with van der Waals surface area (Å²) in [4.78, 5) is 10.8. The third kappa shape index (κ3) is 2.81. The van der Waals surface area contributed by atoms with Crippen LogP contribution in [0.15, 0.2) is 18.2 Å². The quantitative estimate of drug-likeness (QED) is 0.809. The largest absolute Gasteiger partial charge is 0.493 e. The lowest BCUT2D eigenvalue weighted by Crippen LogP contribution is -2.23. The Morgan fingerprint density at radius 1 is 1.47 bits per heavy atom. The Hall–Kier alpha value is -2.17. The fraction of sp³-hybridized carbons (Fsp3) is 0.357. The molecular formula is C14H17NO4. The van der Waals surface area contributed by atoms with E-state index >= 15 is 0 Å². The van der Waals surface area contributed by atoms with Gasteiger partial charge in [0.2, 0.25) is 0 Å². The summed E-state index contributed by atoms with van der Waals surface area (Å²) >= 11 is 0. The molecule has 5 heteroatoms. The molecule has 0 amide bonds. The molecule has 102 valence electrons. The zero-order chi connectivity index (χ0) is 13.8. The summed E-state index contributed by atoms with van der Waals surface area (Å²) in [5, 5.41) is 12.0. The Labute approximate surface area is 111 Å². The highest BCUT2D eigenvalue weighted by Gasteiger charge is 2.18. The van der Waals surface area contributed by atoms with E-state index in [0.29, 0.717) is 30.3 Å². The first kappa shape index (κ1) is 13.3. The highest BCUT2D eigenvalue weighted by atomic mass is 16.5. The molecule has 2 rings (SSSR count). The van der Waals surface area contributed by atoms with Crippen molar-refractivity contribution >= 4 is 11.7 Å². The van der Waals surface area contributed by atoms with E-state index in [4.69, 9.17) is 14.6 Å². The van der Waals surface area contributed by atoms with Gasteiger partial charge in [-0.15, -0.1) is 0 Å². The Morgan fingerprint density at radius 2 is 2.26 bits per heavy atom. The van der Waals surface area contributed by atoms with Gasteiger partial charge in [-0.25, -0.2) is 4.79 Å². The SMILES string of the molecule is CCOc1cc2c(cc1OC)CCN/C2=C/C(=O)O. The number of carboxylic acids is 1. The summed E-state index contributed by atoms with van der Waals surface area (Å²) < 4.78 is 10.8. The van der Waals surface area contributed by atoms with Crippen LogP contribution in [0.5, 0.6) is 11.5 Å². The lowest BCUT2D eigenvalue weighted by atomic mass is 9.97. The van der Waals surface area contributed by atoms with Crippen LogP contribution in [0.1, 0.15) is 18.1 Å². The Morgan fingerprint density at radius 3 is 2.89 bits per heavy atom. The summed E-state index contributed by atoms with van der Waals surface area (Å²) in [6.45, 7) is 3.13. The van der Waals surface area contributed by atoms with Crippen LogP contribution in [0.3, 0.4) is 0 Å². The van der Waals surface area contributed by atoms with Crippen molar-refractivity contribution in [3.8, 4) is 11.5 Å². The van der Waals surface area contributed by atoms with Crippen LogP contribution in [0.25, 0.3) is 5.70 Å². The van der Waals surface area contributed by atoms with Gasteiger partial charge in [-0.3, -0.25) is 0 Å². The molecule has 1 aliphatic heterocycles. The molecule has 0 atom stereocenters. The second kappa shape index (κ2) is 5.65. The van der Waals surface area contributed by atoms with Crippen molar-refractivity contribution in [1.82, 2.24) is 5.32 Å². The van der Waals surface area contributed by atoms with Gasteiger partial charge in [0.15, 0.2) is 11.5 Å². The summed E-state index contributed by atoms with van der Waals surface area (Å²) in [6, 6.07) is 3.75. The molecule has 0 bridgehead atoms. The number of hydrogen-bond donors (Lipinski definition) is 2. The number of methoxy groups -OCH3 is 1. The van der Waals surface area contributed by atoms with Gasteiger partial charge >= 0.3 is 5.97 Å². The Balaban J connectivity index is 2.50. The van der Waals surface area contributed by atoms with Crippen LogP contribution >= 0.6 is 0 Å². The van der Waals surface area contributed by atoms with Crippen LogP contribution in [0.2, 0.25) is 0 Å². The molecule has 19 heavy (non-hydrogen) atoms. The number of ether oxygens (including phenoxy) is 2. The average Bonchev–Trinajstić information content (AvgIpc) is 2.38. The normalized spacial score (nSPS) is 15.6. The van der Waals surface area contributed by atoms with Crippen LogP contribution < -0.4 is 14.8 Å². The van der Waals surface area contributed by atoms with Gasteiger partial charge in [-0.1, -0.05) is 0 Å². The van der Waals surface area contributed by atoms with Crippen LogP contribution in [0.4, 0.5) is 0 Å². The first-order chi connectivity index (χ1) is 9.15. The van der Waals surface area contributed by atoms with Crippen molar-refractivity contribution in [1.29, 1.82) is 0 Å². The lowest BCUT2D eigenvalue weighted by molar-refractivity contribution is -0.131. The Kier molecular flexibility index (Phi) is 3.94. The first-order valence-corrected chi connectivity index (χ1v) is 6.18. The molecule has 5 nitrogen and oxygen atoms in total. The van der Waals surface area contributed by atoms with E-state index in [1.165, 1.54) is 6.08 Å². The highest BCUT2D eigenvalue weighted by Crippen LogP contribution is 2.34.